The molecule has 2 aromatic carbocycles. The van der Waals surface area contributed by atoms with Crippen molar-refractivity contribution in [2.75, 3.05) is 23.9 Å². The highest BCUT2D eigenvalue weighted by Crippen LogP contribution is 2.43. The summed E-state index contributed by atoms with van der Waals surface area (Å²) in [5, 5.41) is 14.8. The maximum absolute atomic E-state index is 13.0. The Morgan fingerprint density at radius 2 is 1.91 bits per heavy atom. The molecule has 8 nitrogen and oxygen atoms in total. The molecule has 1 aliphatic carbocycles. The summed E-state index contributed by atoms with van der Waals surface area (Å²) in [6, 6.07) is 12.1. The Kier molecular flexibility index (Phi) is 6.12. The van der Waals surface area contributed by atoms with E-state index < -0.39 is 4.92 Å². The minimum absolute atomic E-state index is 0.156. The molecule has 1 saturated heterocycles. The third-order valence-corrected chi connectivity index (χ3v) is 6.49. The molecule has 2 fully saturated rings. The van der Waals surface area contributed by atoms with Gasteiger partial charge in [-0.2, -0.15) is 0 Å². The van der Waals surface area contributed by atoms with Crippen LogP contribution < -0.4 is 15.0 Å². The van der Waals surface area contributed by atoms with Crippen molar-refractivity contribution in [3.63, 3.8) is 0 Å². The fourth-order valence-electron chi connectivity index (χ4n) is 4.77. The number of anilines is 2. The van der Waals surface area contributed by atoms with Crippen LogP contribution in [0.3, 0.4) is 0 Å². The fourth-order valence-corrected chi connectivity index (χ4v) is 4.77. The number of nitro benzene ring substituents is 1. The molecular formula is C24H27N3O5. The van der Waals surface area contributed by atoms with E-state index in [0.717, 1.165) is 22.6 Å². The number of hydrogen-bond donors (Lipinski definition) is 1. The van der Waals surface area contributed by atoms with Gasteiger partial charge in [0, 0.05) is 12.6 Å². The number of benzene rings is 2. The quantitative estimate of drug-likeness (QED) is 0.396. The number of ether oxygens (including phenoxy) is 1. The van der Waals surface area contributed by atoms with Gasteiger partial charge in [-0.1, -0.05) is 19.1 Å². The first-order chi connectivity index (χ1) is 15.4. The molecule has 0 aromatic heterocycles. The van der Waals surface area contributed by atoms with Gasteiger partial charge in [0.2, 0.25) is 11.8 Å². The second-order valence-corrected chi connectivity index (χ2v) is 8.63. The lowest BCUT2D eigenvalue weighted by atomic mass is 9.76. The van der Waals surface area contributed by atoms with E-state index in [0.29, 0.717) is 37.4 Å². The Bertz CT molecular complexity index is 1050. The van der Waals surface area contributed by atoms with E-state index in [1.165, 1.54) is 6.07 Å². The SMILES string of the molecule is COc1cccc(CCNc2ccc(N3C(=O)[C@H]4C[C@H](C)CC[C@H]4C3=O)cc2[N+](=O)[O-])c1. The predicted octanol–water partition coefficient (Wildman–Crippen LogP) is 4.18. The number of methoxy groups -OCH3 is 1. The second-order valence-electron chi connectivity index (χ2n) is 8.63. The summed E-state index contributed by atoms with van der Waals surface area (Å²) in [5.74, 6) is 0.0649. The van der Waals surface area contributed by atoms with Gasteiger partial charge in [-0.3, -0.25) is 19.7 Å². The van der Waals surface area contributed by atoms with Crippen LogP contribution in [0.15, 0.2) is 42.5 Å². The molecule has 0 bridgehead atoms. The van der Waals surface area contributed by atoms with Crippen molar-refractivity contribution < 1.29 is 19.2 Å². The molecule has 0 spiro atoms. The molecule has 32 heavy (non-hydrogen) atoms. The fraction of sp³-hybridized carbons (Fsp3) is 0.417. The van der Waals surface area contributed by atoms with Crippen LogP contribution in [0.25, 0.3) is 0 Å². The molecule has 1 aliphatic heterocycles. The third kappa shape index (κ3) is 4.17. The molecule has 2 amide bonds. The molecule has 3 atom stereocenters. The Morgan fingerprint density at radius 3 is 2.66 bits per heavy atom. The van der Waals surface area contributed by atoms with Gasteiger partial charge in [0.05, 0.1) is 29.6 Å². The monoisotopic (exact) mass is 437 g/mol. The van der Waals surface area contributed by atoms with Crippen molar-refractivity contribution in [2.24, 2.45) is 17.8 Å². The molecule has 168 valence electrons. The Hall–Kier alpha value is -3.42. The number of hydrogen-bond acceptors (Lipinski definition) is 6. The Morgan fingerprint density at radius 1 is 1.12 bits per heavy atom. The summed E-state index contributed by atoms with van der Waals surface area (Å²) in [4.78, 5) is 38.3. The second kappa shape index (κ2) is 8.98. The maximum Gasteiger partial charge on any atom is 0.294 e. The average Bonchev–Trinajstić information content (AvgIpc) is 3.03. The number of rotatable bonds is 7. The summed E-state index contributed by atoms with van der Waals surface area (Å²) in [6.07, 6.45) is 2.96. The predicted molar refractivity (Wildman–Crippen MR) is 121 cm³/mol. The zero-order valence-electron chi connectivity index (χ0n) is 18.2. The zero-order valence-corrected chi connectivity index (χ0v) is 18.2. The van der Waals surface area contributed by atoms with Crippen molar-refractivity contribution in [1.82, 2.24) is 0 Å². The summed E-state index contributed by atoms with van der Waals surface area (Å²) in [6.45, 7) is 2.57. The van der Waals surface area contributed by atoms with Gasteiger partial charge in [-0.25, -0.2) is 4.90 Å². The van der Waals surface area contributed by atoms with E-state index in [1.807, 2.05) is 24.3 Å². The van der Waals surface area contributed by atoms with Crippen LogP contribution in [0, 0.1) is 27.9 Å². The number of carbonyl (C=O) groups excluding carboxylic acids is 2. The van der Waals surface area contributed by atoms with Crippen LogP contribution in [-0.4, -0.2) is 30.4 Å². The Balaban J connectivity index is 1.51. The lowest BCUT2D eigenvalue weighted by molar-refractivity contribution is -0.383. The molecule has 1 saturated carbocycles. The molecule has 2 aliphatic rings. The number of amides is 2. The van der Waals surface area contributed by atoms with E-state index in [1.54, 1.807) is 19.2 Å². The van der Waals surface area contributed by atoms with E-state index in [9.17, 15) is 19.7 Å². The summed E-state index contributed by atoms with van der Waals surface area (Å²) in [5.41, 5.74) is 1.51. The highest BCUT2D eigenvalue weighted by Gasteiger charge is 2.50. The lowest BCUT2D eigenvalue weighted by Crippen LogP contribution is -2.31. The smallest absolute Gasteiger partial charge is 0.294 e. The van der Waals surface area contributed by atoms with Crippen LogP contribution >= 0.6 is 0 Å². The molecule has 1 heterocycles. The number of fused-ring (bicyclic) bond motifs is 1. The number of carbonyl (C=O) groups is 2. The first-order valence-electron chi connectivity index (χ1n) is 10.9. The highest BCUT2D eigenvalue weighted by atomic mass is 16.6. The summed E-state index contributed by atoms with van der Waals surface area (Å²) < 4.78 is 5.22. The minimum atomic E-state index is -0.489. The van der Waals surface area contributed by atoms with Crippen molar-refractivity contribution >= 4 is 28.9 Å². The molecule has 0 unspecified atom stereocenters. The van der Waals surface area contributed by atoms with Gasteiger partial charge in [-0.05, 0) is 61.4 Å². The molecule has 0 radical (unpaired) electrons. The highest BCUT2D eigenvalue weighted by molar-refractivity contribution is 6.22. The van der Waals surface area contributed by atoms with Gasteiger partial charge in [0.1, 0.15) is 11.4 Å². The summed E-state index contributed by atoms with van der Waals surface area (Å²) >= 11 is 0. The molecular weight excluding hydrogens is 410 g/mol. The van der Waals surface area contributed by atoms with Crippen molar-refractivity contribution in [1.29, 1.82) is 0 Å². The van der Waals surface area contributed by atoms with Crippen LogP contribution in [-0.2, 0) is 16.0 Å². The van der Waals surface area contributed by atoms with Crippen molar-refractivity contribution in [3.05, 3.63) is 58.1 Å². The first-order valence-corrected chi connectivity index (χ1v) is 10.9. The van der Waals surface area contributed by atoms with E-state index in [2.05, 4.69) is 12.2 Å². The van der Waals surface area contributed by atoms with Gasteiger partial charge >= 0.3 is 0 Å². The Labute approximate surface area is 186 Å². The van der Waals surface area contributed by atoms with Crippen LogP contribution in [0.1, 0.15) is 31.7 Å². The van der Waals surface area contributed by atoms with Crippen molar-refractivity contribution in [3.8, 4) is 5.75 Å². The largest absolute Gasteiger partial charge is 0.497 e. The van der Waals surface area contributed by atoms with Gasteiger partial charge in [0.25, 0.3) is 5.69 Å². The van der Waals surface area contributed by atoms with Crippen LogP contribution in [0.5, 0.6) is 5.75 Å². The van der Waals surface area contributed by atoms with Crippen LogP contribution in [0.4, 0.5) is 17.1 Å². The number of nitrogens with one attached hydrogen (secondary N) is 1. The molecule has 8 heteroatoms. The molecule has 4 rings (SSSR count). The van der Waals surface area contributed by atoms with E-state index in [-0.39, 0.29) is 35.0 Å². The van der Waals surface area contributed by atoms with E-state index >= 15 is 0 Å². The van der Waals surface area contributed by atoms with Gasteiger partial charge in [0.15, 0.2) is 0 Å². The van der Waals surface area contributed by atoms with Gasteiger partial charge in [-0.15, -0.1) is 0 Å². The zero-order chi connectivity index (χ0) is 22.8. The average molecular weight is 437 g/mol. The standard InChI is InChI=1S/C24H27N3O5/c1-15-6-8-19-20(12-15)24(29)26(23(19)28)17-7-9-21(22(14-17)27(30)31)25-11-10-16-4-3-5-18(13-16)32-2/h3-5,7,9,13-15,19-20,25H,6,8,10-12H2,1-2H3/t15-,19-,20+/m1/s1. The van der Waals surface area contributed by atoms with Crippen LogP contribution in [0.2, 0.25) is 0 Å². The molecule has 2 aromatic rings. The van der Waals surface area contributed by atoms with Crippen molar-refractivity contribution in [2.45, 2.75) is 32.6 Å². The first kappa shape index (κ1) is 21.8. The normalized spacial score (nSPS) is 22.6. The lowest BCUT2D eigenvalue weighted by Gasteiger charge is -2.25. The number of nitrogens with zero attached hydrogens (tertiary/aromatic N) is 2. The van der Waals surface area contributed by atoms with E-state index in [4.69, 9.17) is 4.74 Å². The third-order valence-electron chi connectivity index (χ3n) is 6.49. The number of imide groups is 1. The maximum atomic E-state index is 13.0. The summed E-state index contributed by atoms with van der Waals surface area (Å²) in [7, 11) is 1.60. The number of nitro groups is 1. The molecule has 1 N–H and O–H groups in total. The topological polar surface area (TPSA) is 102 Å². The minimum Gasteiger partial charge on any atom is -0.497 e. The van der Waals surface area contributed by atoms with Gasteiger partial charge < -0.3 is 10.1 Å².